The summed E-state index contributed by atoms with van der Waals surface area (Å²) < 4.78 is 5.20. The van der Waals surface area contributed by atoms with Gasteiger partial charge < -0.3 is 20.3 Å². The van der Waals surface area contributed by atoms with Crippen molar-refractivity contribution in [2.75, 3.05) is 30.4 Å². The number of carbonyl (C=O) groups excluding carboxylic acids is 2. The predicted molar refractivity (Wildman–Crippen MR) is 121 cm³/mol. The molecule has 30 heavy (non-hydrogen) atoms. The van der Waals surface area contributed by atoms with Gasteiger partial charge in [0.1, 0.15) is 5.75 Å². The zero-order chi connectivity index (χ0) is 21.5. The summed E-state index contributed by atoms with van der Waals surface area (Å²) in [6, 6.07) is 12.7. The summed E-state index contributed by atoms with van der Waals surface area (Å²) in [5.41, 5.74) is 2.62. The zero-order valence-corrected chi connectivity index (χ0v) is 18.0. The average molecular weight is 410 g/mol. The first kappa shape index (κ1) is 21.7. The Morgan fingerprint density at radius 3 is 2.53 bits per heavy atom. The van der Waals surface area contributed by atoms with E-state index in [-0.39, 0.29) is 17.9 Å². The fraction of sp³-hybridized carbons (Fsp3) is 0.417. The van der Waals surface area contributed by atoms with E-state index >= 15 is 0 Å². The molecule has 1 saturated heterocycles. The van der Waals surface area contributed by atoms with E-state index in [0.29, 0.717) is 22.6 Å². The van der Waals surface area contributed by atoms with Gasteiger partial charge in [-0.15, -0.1) is 0 Å². The first-order valence-electron chi connectivity index (χ1n) is 10.7. The van der Waals surface area contributed by atoms with Crippen LogP contribution in [-0.2, 0) is 0 Å². The standard InChI is InChI=1S/C24H31N3O3/c1-4-17(2)25-24(29)21-16-19(11-12-22(21)27-13-6-5-7-14-27)26-23(28)18-9-8-10-20(15-18)30-3/h8-12,15-17H,4-7,13-14H2,1-3H3,(H,25,29)(H,26,28). The minimum Gasteiger partial charge on any atom is -0.497 e. The van der Waals surface area contributed by atoms with E-state index in [2.05, 4.69) is 15.5 Å². The summed E-state index contributed by atoms with van der Waals surface area (Å²) in [6.45, 7) is 5.92. The second-order valence-electron chi connectivity index (χ2n) is 7.75. The molecular formula is C24H31N3O3. The van der Waals surface area contributed by atoms with Gasteiger partial charge in [0.15, 0.2) is 0 Å². The van der Waals surface area contributed by atoms with Crippen LogP contribution >= 0.6 is 0 Å². The van der Waals surface area contributed by atoms with Crippen LogP contribution in [0, 0.1) is 0 Å². The molecule has 2 aromatic carbocycles. The van der Waals surface area contributed by atoms with Gasteiger partial charge in [-0.05, 0) is 69.0 Å². The molecule has 2 N–H and O–H groups in total. The summed E-state index contributed by atoms with van der Waals surface area (Å²) in [7, 11) is 1.57. The Morgan fingerprint density at radius 2 is 1.83 bits per heavy atom. The molecule has 2 amide bonds. The van der Waals surface area contributed by atoms with Gasteiger partial charge in [-0.1, -0.05) is 13.0 Å². The number of rotatable bonds is 7. The number of piperidine rings is 1. The number of anilines is 2. The molecular weight excluding hydrogens is 378 g/mol. The molecule has 1 atom stereocenters. The molecule has 1 aliphatic heterocycles. The fourth-order valence-electron chi connectivity index (χ4n) is 3.58. The molecule has 0 radical (unpaired) electrons. The lowest BCUT2D eigenvalue weighted by Crippen LogP contribution is -2.35. The van der Waals surface area contributed by atoms with Crippen molar-refractivity contribution in [3.8, 4) is 5.75 Å². The molecule has 1 unspecified atom stereocenters. The largest absolute Gasteiger partial charge is 0.497 e. The second kappa shape index (κ2) is 10.1. The van der Waals surface area contributed by atoms with E-state index in [1.807, 2.05) is 26.0 Å². The van der Waals surface area contributed by atoms with Crippen LogP contribution in [0.4, 0.5) is 11.4 Å². The summed E-state index contributed by atoms with van der Waals surface area (Å²) in [6.07, 6.45) is 4.33. The maximum Gasteiger partial charge on any atom is 0.255 e. The number of carbonyl (C=O) groups is 2. The van der Waals surface area contributed by atoms with Crippen molar-refractivity contribution in [1.82, 2.24) is 5.32 Å². The molecule has 6 heteroatoms. The van der Waals surface area contributed by atoms with E-state index in [1.165, 1.54) is 6.42 Å². The molecule has 0 aliphatic carbocycles. The molecule has 0 aromatic heterocycles. The van der Waals surface area contributed by atoms with Gasteiger partial charge in [0.25, 0.3) is 11.8 Å². The van der Waals surface area contributed by atoms with Crippen LogP contribution in [-0.4, -0.2) is 38.1 Å². The lowest BCUT2D eigenvalue weighted by molar-refractivity contribution is 0.0938. The van der Waals surface area contributed by atoms with Crippen LogP contribution in [0.25, 0.3) is 0 Å². The Kier molecular flexibility index (Phi) is 7.33. The number of benzene rings is 2. The molecule has 6 nitrogen and oxygen atoms in total. The maximum absolute atomic E-state index is 13.0. The number of nitrogens with one attached hydrogen (secondary N) is 2. The predicted octanol–water partition coefficient (Wildman–Crippen LogP) is 4.47. The molecule has 1 fully saturated rings. The van der Waals surface area contributed by atoms with Crippen molar-refractivity contribution in [1.29, 1.82) is 0 Å². The van der Waals surface area contributed by atoms with E-state index in [1.54, 1.807) is 37.4 Å². The van der Waals surface area contributed by atoms with Gasteiger partial charge >= 0.3 is 0 Å². The van der Waals surface area contributed by atoms with E-state index in [4.69, 9.17) is 4.74 Å². The van der Waals surface area contributed by atoms with Gasteiger partial charge in [0, 0.05) is 36.1 Å². The third-order valence-electron chi connectivity index (χ3n) is 5.52. The number of hydrogen-bond acceptors (Lipinski definition) is 4. The van der Waals surface area contributed by atoms with Crippen LogP contribution in [0.1, 0.15) is 60.2 Å². The second-order valence-corrected chi connectivity index (χ2v) is 7.75. The van der Waals surface area contributed by atoms with Gasteiger partial charge in [0.2, 0.25) is 0 Å². The Labute approximate surface area is 178 Å². The highest BCUT2D eigenvalue weighted by Crippen LogP contribution is 2.28. The van der Waals surface area contributed by atoms with Gasteiger partial charge in [-0.3, -0.25) is 9.59 Å². The Hall–Kier alpha value is -3.02. The number of nitrogens with zero attached hydrogens (tertiary/aromatic N) is 1. The summed E-state index contributed by atoms with van der Waals surface area (Å²) >= 11 is 0. The smallest absolute Gasteiger partial charge is 0.255 e. The Bertz CT molecular complexity index is 891. The Balaban J connectivity index is 1.86. The molecule has 1 heterocycles. The van der Waals surface area contributed by atoms with Gasteiger partial charge in [0.05, 0.1) is 12.7 Å². The number of ether oxygens (including phenoxy) is 1. The van der Waals surface area contributed by atoms with Crippen LogP contribution in [0.15, 0.2) is 42.5 Å². The third-order valence-corrected chi connectivity index (χ3v) is 5.52. The lowest BCUT2D eigenvalue weighted by Gasteiger charge is -2.31. The van der Waals surface area contributed by atoms with Crippen LogP contribution in [0.2, 0.25) is 0 Å². The summed E-state index contributed by atoms with van der Waals surface area (Å²) in [5, 5.41) is 5.97. The van der Waals surface area contributed by atoms with Crippen molar-refractivity contribution in [2.24, 2.45) is 0 Å². The first-order chi connectivity index (χ1) is 14.5. The molecule has 2 aromatic rings. The lowest BCUT2D eigenvalue weighted by atomic mass is 10.0. The topological polar surface area (TPSA) is 70.7 Å². The van der Waals surface area contributed by atoms with Crippen molar-refractivity contribution < 1.29 is 14.3 Å². The minimum absolute atomic E-state index is 0.0849. The van der Waals surface area contributed by atoms with Gasteiger partial charge in [-0.25, -0.2) is 0 Å². The molecule has 160 valence electrons. The quantitative estimate of drug-likeness (QED) is 0.708. The van der Waals surface area contributed by atoms with E-state index in [9.17, 15) is 9.59 Å². The minimum atomic E-state index is -0.243. The number of methoxy groups -OCH3 is 1. The third kappa shape index (κ3) is 5.32. The van der Waals surface area contributed by atoms with Crippen LogP contribution < -0.4 is 20.3 Å². The van der Waals surface area contributed by atoms with E-state index in [0.717, 1.165) is 38.0 Å². The molecule has 0 bridgehead atoms. The fourth-order valence-corrected chi connectivity index (χ4v) is 3.58. The van der Waals surface area contributed by atoms with Crippen molar-refractivity contribution in [3.63, 3.8) is 0 Å². The number of hydrogen-bond donors (Lipinski definition) is 2. The highest BCUT2D eigenvalue weighted by atomic mass is 16.5. The number of amides is 2. The average Bonchev–Trinajstić information content (AvgIpc) is 2.79. The Morgan fingerprint density at radius 1 is 1.07 bits per heavy atom. The van der Waals surface area contributed by atoms with E-state index < -0.39 is 0 Å². The zero-order valence-electron chi connectivity index (χ0n) is 18.0. The van der Waals surface area contributed by atoms with Gasteiger partial charge in [-0.2, -0.15) is 0 Å². The highest BCUT2D eigenvalue weighted by molar-refractivity contribution is 6.06. The van der Waals surface area contributed by atoms with Crippen LogP contribution in [0.5, 0.6) is 5.75 Å². The molecule has 1 aliphatic rings. The van der Waals surface area contributed by atoms with Crippen LogP contribution in [0.3, 0.4) is 0 Å². The summed E-state index contributed by atoms with van der Waals surface area (Å²) in [5.74, 6) is 0.270. The SMILES string of the molecule is CCC(C)NC(=O)c1cc(NC(=O)c2cccc(OC)c2)ccc1N1CCCCC1. The molecule has 0 saturated carbocycles. The summed E-state index contributed by atoms with van der Waals surface area (Å²) in [4.78, 5) is 28.0. The van der Waals surface area contributed by atoms with Crippen molar-refractivity contribution in [2.45, 2.75) is 45.6 Å². The first-order valence-corrected chi connectivity index (χ1v) is 10.7. The molecule has 0 spiro atoms. The monoisotopic (exact) mass is 409 g/mol. The normalized spacial score (nSPS) is 14.7. The highest BCUT2D eigenvalue weighted by Gasteiger charge is 2.20. The maximum atomic E-state index is 13.0. The van der Waals surface area contributed by atoms with Crippen molar-refractivity contribution in [3.05, 3.63) is 53.6 Å². The van der Waals surface area contributed by atoms with Crippen molar-refractivity contribution >= 4 is 23.2 Å². The molecule has 3 rings (SSSR count).